The van der Waals surface area contributed by atoms with Gasteiger partial charge < -0.3 is 9.47 Å². The van der Waals surface area contributed by atoms with E-state index in [0.29, 0.717) is 6.61 Å². The first kappa shape index (κ1) is 8.75. The van der Waals surface area contributed by atoms with Gasteiger partial charge in [0.05, 0.1) is 18.6 Å². The highest BCUT2D eigenvalue weighted by Crippen LogP contribution is 2.35. The molecule has 2 bridgehead atoms. The monoisotopic (exact) mass is 182 g/mol. The molecule has 13 heavy (non-hydrogen) atoms. The maximum Gasteiger partial charge on any atom is 0.309 e. The molecule has 0 aromatic rings. The quantitative estimate of drug-likeness (QED) is 0.487. The fourth-order valence-corrected chi connectivity index (χ4v) is 2.07. The van der Waals surface area contributed by atoms with Gasteiger partial charge in [0.1, 0.15) is 6.10 Å². The van der Waals surface area contributed by atoms with Crippen molar-refractivity contribution in [1.82, 2.24) is 0 Å². The standard InChI is InChI=1S/C10H14O3/c1-2-5-12-8-4-3-7-6-9(8)13-10(7)11/h2,7-9H,1,3-6H2. The van der Waals surface area contributed by atoms with Gasteiger partial charge >= 0.3 is 5.97 Å². The van der Waals surface area contributed by atoms with Crippen molar-refractivity contribution in [2.24, 2.45) is 5.92 Å². The molecule has 0 N–H and O–H groups in total. The predicted octanol–water partition coefficient (Wildman–Crippen LogP) is 1.28. The number of hydrogen-bond acceptors (Lipinski definition) is 3. The summed E-state index contributed by atoms with van der Waals surface area (Å²) in [5.41, 5.74) is 0. The molecule has 3 atom stereocenters. The number of ether oxygens (including phenoxy) is 2. The molecule has 72 valence electrons. The van der Waals surface area contributed by atoms with Crippen molar-refractivity contribution in [3.8, 4) is 0 Å². The van der Waals surface area contributed by atoms with Crippen molar-refractivity contribution in [3.63, 3.8) is 0 Å². The minimum absolute atomic E-state index is 0.00574. The van der Waals surface area contributed by atoms with Crippen LogP contribution in [0.25, 0.3) is 0 Å². The molecule has 3 heteroatoms. The van der Waals surface area contributed by atoms with Gasteiger partial charge in [0, 0.05) is 6.42 Å². The van der Waals surface area contributed by atoms with Crippen LogP contribution in [0.2, 0.25) is 0 Å². The van der Waals surface area contributed by atoms with Gasteiger partial charge in [-0.3, -0.25) is 4.79 Å². The molecule has 0 amide bonds. The zero-order chi connectivity index (χ0) is 9.26. The van der Waals surface area contributed by atoms with Crippen molar-refractivity contribution in [3.05, 3.63) is 12.7 Å². The minimum Gasteiger partial charge on any atom is -0.459 e. The first-order valence-corrected chi connectivity index (χ1v) is 4.74. The minimum atomic E-state index is -0.0327. The molecular weight excluding hydrogens is 168 g/mol. The van der Waals surface area contributed by atoms with Crippen molar-refractivity contribution in [2.45, 2.75) is 31.5 Å². The molecule has 1 saturated heterocycles. The van der Waals surface area contributed by atoms with E-state index < -0.39 is 0 Å². The van der Waals surface area contributed by atoms with E-state index in [1.54, 1.807) is 6.08 Å². The van der Waals surface area contributed by atoms with Crippen molar-refractivity contribution < 1.29 is 14.3 Å². The Labute approximate surface area is 77.7 Å². The molecule has 2 aliphatic rings. The first-order valence-electron chi connectivity index (χ1n) is 4.74. The van der Waals surface area contributed by atoms with Gasteiger partial charge in [0.25, 0.3) is 0 Å². The highest BCUT2D eigenvalue weighted by Gasteiger charge is 2.43. The third kappa shape index (κ3) is 1.61. The summed E-state index contributed by atoms with van der Waals surface area (Å²) in [5, 5.41) is 0. The Kier molecular flexibility index (Phi) is 2.36. The van der Waals surface area contributed by atoms with Gasteiger partial charge in [-0.05, 0) is 12.8 Å². The van der Waals surface area contributed by atoms with E-state index in [2.05, 4.69) is 6.58 Å². The molecular formula is C10H14O3. The van der Waals surface area contributed by atoms with Gasteiger partial charge in [0.15, 0.2) is 0 Å². The van der Waals surface area contributed by atoms with E-state index in [1.165, 1.54) is 0 Å². The van der Waals surface area contributed by atoms with Gasteiger partial charge in [0.2, 0.25) is 0 Å². The zero-order valence-corrected chi connectivity index (χ0v) is 7.57. The highest BCUT2D eigenvalue weighted by atomic mass is 16.6. The van der Waals surface area contributed by atoms with Crippen molar-refractivity contribution >= 4 is 5.97 Å². The normalized spacial score (nSPS) is 37.2. The lowest BCUT2D eigenvalue weighted by Crippen LogP contribution is -2.31. The molecule has 0 aromatic heterocycles. The van der Waals surface area contributed by atoms with E-state index >= 15 is 0 Å². The van der Waals surface area contributed by atoms with Crippen LogP contribution in [0.1, 0.15) is 19.3 Å². The third-order valence-corrected chi connectivity index (χ3v) is 2.76. The molecule has 1 heterocycles. The number of carbonyl (C=O) groups excluding carboxylic acids is 1. The van der Waals surface area contributed by atoms with Crippen LogP contribution in [0.5, 0.6) is 0 Å². The Morgan fingerprint density at radius 1 is 1.62 bits per heavy atom. The summed E-state index contributed by atoms with van der Waals surface area (Å²) in [6, 6.07) is 0. The Bertz CT molecular complexity index is 224. The van der Waals surface area contributed by atoms with Gasteiger partial charge in [-0.2, -0.15) is 0 Å². The van der Waals surface area contributed by atoms with E-state index in [-0.39, 0.29) is 24.1 Å². The van der Waals surface area contributed by atoms with E-state index in [1.807, 2.05) is 0 Å². The maximum atomic E-state index is 11.2. The van der Waals surface area contributed by atoms with Crippen molar-refractivity contribution in [1.29, 1.82) is 0 Å². The zero-order valence-electron chi connectivity index (χ0n) is 7.57. The average Bonchev–Trinajstić information content (AvgIpc) is 2.43. The molecule has 0 aromatic carbocycles. The molecule has 1 saturated carbocycles. The molecule has 2 fully saturated rings. The van der Waals surface area contributed by atoms with Gasteiger partial charge in [-0.25, -0.2) is 0 Å². The Hall–Kier alpha value is -0.830. The summed E-state index contributed by atoms with van der Waals surface area (Å²) < 4.78 is 10.7. The van der Waals surface area contributed by atoms with Crippen LogP contribution in [0.3, 0.4) is 0 Å². The third-order valence-electron chi connectivity index (χ3n) is 2.76. The van der Waals surface area contributed by atoms with E-state index in [9.17, 15) is 4.79 Å². The maximum absolute atomic E-state index is 11.2. The molecule has 2 rings (SSSR count). The number of esters is 1. The first-order chi connectivity index (χ1) is 6.31. The average molecular weight is 182 g/mol. The Morgan fingerprint density at radius 3 is 3.23 bits per heavy atom. The molecule has 3 nitrogen and oxygen atoms in total. The lowest BCUT2D eigenvalue weighted by Gasteiger charge is -2.25. The summed E-state index contributed by atoms with van der Waals surface area (Å²) in [4.78, 5) is 11.2. The highest BCUT2D eigenvalue weighted by molar-refractivity contribution is 5.75. The number of fused-ring (bicyclic) bond motifs is 2. The SMILES string of the molecule is C=CCOC1CCC2CC1OC2=O. The van der Waals surface area contributed by atoms with E-state index in [4.69, 9.17) is 9.47 Å². The van der Waals surface area contributed by atoms with Crippen LogP contribution in [-0.4, -0.2) is 24.8 Å². The van der Waals surface area contributed by atoms with Crippen LogP contribution in [0, 0.1) is 5.92 Å². The number of rotatable bonds is 3. The molecule has 0 spiro atoms. The predicted molar refractivity (Wildman–Crippen MR) is 47.2 cm³/mol. The van der Waals surface area contributed by atoms with Gasteiger partial charge in [-0.15, -0.1) is 6.58 Å². The topological polar surface area (TPSA) is 35.5 Å². The summed E-state index contributed by atoms with van der Waals surface area (Å²) in [5.74, 6) is 0.114. The van der Waals surface area contributed by atoms with Crippen molar-refractivity contribution in [2.75, 3.05) is 6.61 Å². The largest absolute Gasteiger partial charge is 0.459 e. The van der Waals surface area contributed by atoms with Gasteiger partial charge in [-0.1, -0.05) is 6.08 Å². The Morgan fingerprint density at radius 2 is 2.46 bits per heavy atom. The summed E-state index contributed by atoms with van der Waals surface area (Å²) in [7, 11) is 0. The molecule has 1 aliphatic carbocycles. The van der Waals surface area contributed by atoms with Crippen LogP contribution in [-0.2, 0) is 14.3 Å². The smallest absolute Gasteiger partial charge is 0.309 e. The summed E-state index contributed by atoms with van der Waals surface area (Å²) in [6.07, 6.45) is 4.53. The second kappa shape index (κ2) is 3.50. The number of hydrogen-bond donors (Lipinski definition) is 0. The lowest BCUT2D eigenvalue weighted by molar-refractivity contribution is -0.146. The second-order valence-electron chi connectivity index (χ2n) is 3.65. The van der Waals surface area contributed by atoms with Crippen LogP contribution < -0.4 is 0 Å². The van der Waals surface area contributed by atoms with Crippen LogP contribution in [0.4, 0.5) is 0 Å². The fraction of sp³-hybridized carbons (Fsp3) is 0.700. The van der Waals surface area contributed by atoms with Crippen LogP contribution in [0.15, 0.2) is 12.7 Å². The van der Waals surface area contributed by atoms with Crippen LogP contribution >= 0.6 is 0 Å². The molecule has 3 unspecified atom stereocenters. The summed E-state index contributed by atoms with van der Waals surface area (Å²) in [6.45, 7) is 4.13. The second-order valence-corrected chi connectivity index (χ2v) is 3.65. The number of carbonyl (C=O) groups is 1. The summed E-state index contributed by atoms with van der Waals surface area (Å²) >= 11 is 0. The van der Waals surface area contributed by atoms with E-state index in [0.717, 1.165) is 19.3 Å². The Balaban J connectivity index is 1.93. The lowest BCUT2D eigenvalue weighted by atomic mass is 9.88. The molecule has 0 radical (unpaired) electrons. The fourth-order valence-electron chi connectivity index (χ4n) is 2.07. The molecule has 1 aliphatic heterocycles.